The molecule has 0 aliphatic carbocycles. The van der Waals surface area contributed by atoms with Gasteiger partial charge in [0, 0.05) is 16.5 Å². The molecule has 1 aliphatic rings. The zero-order valence-corrected chi connectivity index (χ0v) is 22.9. The quantitative estimate of drug-likeness (QED) is 0.252. The van der Waals surface area contributed by atoms with E-state index < -0.39 is 18.0 Å². The summed E-state index contributed by atoms with van der Waals surface area (Å²) in [4.78, 5) is 44.1. The second-order valence-corrected chi connectivity index (χ2v) is 10.5. The zero-order valence-electron chi connectivity index (χ0n) is 21.3. The minimum Gasteiger partial charge on any atom is -0.545 e. The number of esters is 1. The fourth-order valence-electron chi connectivity index (χ4n) is 4.41. The Kier molecular flexibility index (Phi) is 7.40. The van der Waals surface area contributed by atoms with Crippen molar-refractivity contribution in [2.75, 3.05) is 12.9 Å². The van der Waals surface area contributed by atoms with Crippen molar-refractivity contribution < 1.29 is 23.8 Å². The fraction of sp³-hybridized carbons (Fsp3) is 0.172. The number of carboxylic acids is 1. The molecule has 1 aliphatic heterocycles. The van der Waals surface area contributed by atoms with Crippen LogP contribution < -0.4 is 20.0 Å². The lowest BCUT2D eigenvalue weighted by Gasteiger charge is -2.24. The molecule has 39 heavy (non-hydrogen) atoms. The van der Waals surface area contributed by atoms with Crippen molar-refractivity contribution in [2.24, 2.45) is 4.99 Å². The van der Waals surface area contributed by atoms with Gasteiger partial charge in [0.15, 0.2) is 4.80 Å². The number of allylic oxidation sites excluding steroid dienone is 1. The first-order chi connectivity index (χ1) is 18.8. The Balaban J connectivity index is 1.61. The number of carbonyl (C=O) groups is 2. The summed E-state index contributed by atoms with van der Waals surface area (Å²) >= 11 is 2.80. The topological polar surface area (TPSA) is 114 Å². The molecule has 5 rings (SSSR count). The number of fused-ring (bicyclic) bond motifs is 1. The first kappa shape index (κ1) is 26.5. The van der Waals surface area contributed by atoms with Crippen LogP contribution in [0.2, 0.25) is 0 Å². The highest BCUT2D eigenvalue weighted by Gasteiger charge is 2.33. The molecule has 1 atom stereocenters. The van der Waals surface area contributed by atoms with Crippen LogP contribution in [0.25, 0.3) is 17.4 Å². The second-order valence-electron chi connectivity index (χ2n) is 8.65. The Morgan fingerprint density at radius 2 is 1.95 bits per heavy atom. The zero-order chi connectivity index (χ0) is 27.7. The van der Waals surface area contributed by atoms with Gasteiger partial charge in [-0.25, -0.2) is 9.79 Å². The Morgan fingerprint density at radius 1 is 1.18 bits per heavy atom. The molecule has 4 aromatic rings. The number of hydrogen-bond donors (Lipinski definition) is 0. The number of nitrogens with zero attached hydrogens (tertiary/aromatic N) is 2. The maximum Gasteiger partial charge on any atom is 0.338 e. The summed E-state index contributed by atoms with van der Waals surface area (Å²) in [5.74, 6) is -0.929. The molecule has 0 saturated heterocycles. The SMILES string of the molecule is CCOC(=O)C1=C(C)N=c2s/c(=C\c3ccc(-c4cccc(C(=O)[O-])c4)o3)c(=O)n2[C@H]1c1ccc(SC)cc1. The number of aromatic nitrogens is 1. The molecule has 8 nitrogen and oxygen atoms in total. The average molecular weight is 560 g/mol. The molecule has 0 N–H and O–H groups in total. The van der Waals surface area contributed by atoms with Gasteiger partial charge in [-0.05, 0) is 61.6 Å². The maximum absolute atomic E-state index is 13.7. The third kappa shape index (κ3) is 5.13. The Labute approximate surface area is 231 Å². The first-order valence-electron chi connectivity index (χ1n) is 12.1. The molecule has 2 aromatic heterocycles. The van der Waals surface area contributed by atoms with Crippen LogP contribution in [0.3, 0.4) is 0 Å². The Bertz CT molecular complexity index is 1790. The van der Waals surface area contributed by atoms with Crippen LogP contribution >= 0.6 is 23.1 Å². The van der Waals surface area contributed by atoms with E-state index in [4.69, 9.17) is 9.15 Å². The summed E-state index contributed by atoms with van der Waals surface area (Å²) in [5, 5.41) is 11.2. The molecule has 0 bridgehead atoms. The van der Waals surface area contributed by atoms with Crippen LogP contribution in [-0.2, 0) is 9.53 Å². The molecule has 198 valence electrons. The van der Waals surface area contributed by atoms with Crippen molar-refractivity contribution in [3.05, 3.63) is 109 Å². The van der Waals surface area contributed by atoms with Gasteiger partial charge in [0.25, 0.3) is 5.56 Å². The van der Waals surface area contributed by atoms with E-state index in [0.717, 1.165) is 10.5 Å². The summed E-state index contributed by atoms with van der Waals surface area (Å²) in [6, 6.07) is 16.7. The summed E-state index contributed by atoms with van der Waals surface area (Å²) in [5.41, 5.74) is 1.88. The lowest BCUT2D eigenvalue weighted by molar-refractivity contribution is -0.255. The number of hydrogen-bond acceptors (Lipinski definition) is 9. The van der Waals surface area contributed by atoms with Crippen LogP contribution in [0.5, 0.6) is 0 Å². The molecular formula is C29H23N2O6S2-. The van der Waals surface area contributed by atoms with Crippen molar-refractivity contribution in [1.82, 2.24) is 4.57 Å². The number of benzene rings is 2. The molecule has 0 saturated carbocycles. The van der Waals surface area contributed by atoms with Crippen LogP contribution in [0.4, 0.5) is 0 Å². The normalized spacial score (nSPS) is 15.2. The van der Waals surface area contributed by atoms with E-state index in [1.54, 1.807) is 56.0 Å². The van der Waals surface area contributed by atoms with Crippen LogP contribution in [0.1, 0.15) is 41.6 Å². The largest absolute Gasteiger partial charge is 0.545 e. The summed E-state index contributed by atoms with van der Waals surface area (Å²) < 4.78 is 13.2. The second kappa shape index (κ2) is 10.9. The van der Waals surface area contributed by atoms with Gasteiger partial charge in [-0.2, -0.15) is 0 Å². The van der Waals surface area contributed by atoms with E-state index in [-0.39, 0.29) is 17.7 Å². The molecule has 0 amide bonds. The highest BCUT2D eigenvalue weighted by atomic mass is 32.2. The number of aromatic carboxylic acids is 1. The van der Waals surface area contributed by atoms with E-state index in [9.17, 15) is 19.5 Å². The van der Waals surface area contributed by atoms with Gasteiger partial charge in [-0.15, -0.1) is 11.8 Å². The molecule has 0 radical (unpaired) electrons. The monoisotopic (exact) mass is 559 g/mol. The minimum atomic E-state index is -1.28. The van der Waals surface area contributed by atoms with Crippen molar-refractivity contribution >= 4 is 41.1 Å². The van der Waals surface area contributed by atoms with Crippen molar-refractivity contribution in [1.29, 1.82) is 0 Å². The maximum atomic E-state index is 13.7. The minimum absolute atomic E-state index is 0.0390. The molecular weight excluding hydrogens is 536 g/mol. The van der Waals surface area contributed by atoms with Gasteiger partial charge in [0.1, 0.15) is 11.5 Å². The predicted octanol–water partition coefficient (Wildman–Crippen LogP) is 3.14. The van der Waals surface area contributed by atoms with Gasteiger partial charge >= 0.3 is 5.97 Å². The number of thiazole rings is 1. The van der Waals surface area contributed by atoms with E-state index in [1.165, 1.54) is 28.0 Å². The van der Waals surface area contributed by atoms with Gasteiger partial charge in [-0.3, -0.25) is 9.36 Å². The summed E-state index contributed by atoms with van der Waals surface area (Å²) in [7, 11) is 0. The van der Waals surface area contributed by atoms with E-state index in [1.807, 2.05) is 30.5 Å². The number of carboxylic acid groups (broad SMARTS) is 1. The van der Waals surface area contributed by atoms with E-state index in [0.29, 0.717) is 37.7 Å². The standard InChI is InChI=1S/C29H24N2O6S2/c1-4-36-28(35)24-16(2)30-29-31(25(24)17-8-11-21(38-3)12-9-17)26(32)23(39-29)15-20-10-13-22(37-20)18-6-5-7-19(14-18)27(33)34/h5-15,25H,4H2,1-3H3,(H,33,34)/p-1/b23-15-/t25-/m0/s1. The average Bonchev–Trinajstić information content (AvgIpc) is 3.52. The Hall–Kier alpha value is -4.15. The van der Waals surface area contributed by atoms with Crippen LogP contribution in [-0.4, -0.2) is 29.4 Å². The summed E-state index contributed by atoms with van der Waals surface area (Å²) in [6.07, 6.45) is 3.60. The molecule has 10 heteroatoms. The fourth-order valence-corrected chi connectivity index (χ4v) is 5.84. The van der Waals surface area contributed by atoms with Gasteiger partial charge in [-0.1, -0.05) is 41.7 Å². The number of thioether (sulfide) groups is 1. The molecule has 0 fully saturated rings. The number of ether oxygens (including phenoxy) is 1. The van der Waals surface area contributed by atoms with Gasteiger partial charge < -0.3 is 19.1 Å². The number of rotatable bonds is 7. The van der Waals surface area contributed by atoms with Crippen molar-refractivity contribution in [2.45, 2.75) is 24.8 Å². The molecule has 0 unspecified atom stereocenters. The molecule has 2 aromatic carbocycles. The lowest BCUT2D eigenvalue weighted by Crippen LogP contribution is -2.39. The van der Waals surface area contributed by atoms with E-state index in [2.05, 4.69) is 4.99 Å². The van der Waals surface area contributed by atoms with Crippen molar-refractivity contribution in [3.63, 3.8) is 0 Å². The van der Waals surface area contributed by atoms with Crippen LogP contribution in [0.15, 0.2) is 91.0 Å². The summed E-state index contributed by atoms with van der Waals surface area (Å²) in [6.45, 7) is 3.68. The van der Waals surface area contributed by atoms with Gasteiger partial charge in [0.05, 0.1) is 34.4 Å². The highest BCUT2D eigenvalue weighted by molar-refractivity contribution is 7.98. The molecule has 3 heterocycles. The van der Waals surface area contributed by atoms with Crippen molar-refractivity contribution in [3.8, 4) is 11.3 Å². The number of furan rings is 1. The molecule has 0 spiro atoms. The third-order valence-electron chi connectivity index (χ3n) is 6.23. The van der Waals surface area contributed by atoms with E-state index >= 15 is 0 Å². The highest BCUT2D eigenvalue weighted by Crippen LogP contribution is 2.32. The van der Waals surface area contributed by atoms with Crippen LogP contribution in [0, 0.1) is 0 Å². The van der Waals surface area contributed by atoms with Gasteiger partial charge in [0.2, 0.25) is 0 Å². The lowest BCUT2D eigenvalue weighted by atomic mass is 9.96. The first-order valence-corrected chi connectivity index (χ1v) is 14.1. The predicted molar refractivity (Wildman–Crippen MR) is 147 cm³/mol. The number of carbonyl (C=O) groups excluding carboxylic acids is 2. The third-order valence-corrected chi connectivity index (χ3v) is 7.96. The smallest absolute Gasteiger partial charge is 0.338 e. The Morgan fingerprint density at radius 3 is 2.64 bits per heavy atom.